The highest BCUT2D eigenvalue weighted by Gasteiger charge is 2.23. The molecule has 2 aliphatic carbocycles. The van der Waals surface area contributed by atoms with E-state index >= 15 is 0 Å². The van der Waals surface area contributed by atoms with Gasteiger partial charge in [-0.15, -0.1) is 0 Å². The van der Waals surface area contributed by atoms with Gasteiger partial charge in [0, 0.05) is 6.04 Å². The second-order valence-electron chi connectivity index (χ2n) is 6.37. The zero-order valence-electron chi connectivity index (χ0n) is 11.7. The summed E-state index contributed by atoms with van der Waals surface area (Å²) in [4.78, 5) is 0. The lowest BCUT2D eigenvalue weighted by Gasteiger charge is -2.27. The van der Waals surface area contributed by atoms with Crippen LogP contribution in [0.5, 0.6) is 0 Å². The molecule has 0 radical (unpaired) electrons. The van der Waals surface area contributed by atoms with Gasteiger partial charge in [-0.1, -0.05) is 51.4 Å². The minimum atomic E-state index is 0.814. The van der Waals surface area contributed by atoms with Crippen LogP contribution < -0.4 is 5.32 Å². The summed E-state index contributed by atoms with van der Waals surface area (Å²) in [5.41, 5.74) is 0. The average Bonchev–Trinajstić information content (AvgIpc) is 2.72. The van der Waals surface area contributed by atoms with E-state index in [4.69, 9.17) is 0 Å². The molecule has 2 fully saturated rings. The lowest BCUT2D eigenvalue weighted by Crippen LogP contribution is -2.33. The van der Waals surface area contributed by atoms with E-state index in [1.54, 1.807) is 0 Å². The van der Waals surface area contributed by atoms with Crippen molar-refractivity contribution < 1.29 is 0 Å². The summed E-state index contributed by atoms with van der Waals surface area (Å²) >= 11 is 0. The Labute approximate surface area is 108 Å². The summed E-state index contributed by atoms with van der Waals surface area (Å²) in [5.74, 6) is 2.04. The molecule has 0 spiro atoms. The summed E-state index contributed by atoms with van der Waals surface area (Å²) in [6, 6.07) is 0.814. The number of rotatable bonds is 5. The van der Waals surface area contributed by atoms with Crippen LogP contribution in [0.15, 0.2) is 0 Å². The van der Waals surface area contributed by atoms with Crippen molar-refractivity contribution >= 4 is 0 Å². The molecule has 2 aliphatic rings. The Bertz CT molecular complexity index is 188. The first kappa shape index (κ1) is 13.4. The van der Waals surface area contributed by atoms with Crippen molar-refractivity contribution in [1.29, 1.82) is 0 Å². The van der Waals surface area contributed by atoms with Crippen LogP contribution in [0.25, 0.3) is 0 Å². The summed E-state index contributed by atoms with van der Waals surface area (Å²) < 4.78 is 0. The molecule has 1 N–H and O–H groups in total. The van der Waals surface area contributed by atoms with Crippen molar-refractivity contribution in [2.24, 2.45) is 11.8 Å². The van der Waals surface area contributed by atoms with Crippen molar-refractivity contribution in [1.82, 2.24) is 5.32 Å². The number of hydrogen-bond acceptors (Lipinski definition) is 1. The first-order chi connectivity index (χ1) is 8.40. The molecule has 0 heterocycles. The summed E-state index contributed by atoms with van der Waals surface area (Å²) in [6.07, 6.45) is 17.8. The lowest BCUT2D eigenvalue weighted by molar-refractivity contribution is 0.297. The summed E-state index contributed by atoms with van der Waals surface area (Å²) in [7, 11) is 2.18. The summed E-state index contributed by atoms with van der Waals surface area (Å²) in [5, 5.41) is 3.62. The van der Waals surface area contributed by atoms with E-state index in [1.807, 2.05) is 0 Å². The van der Waals surface area contributed by atoms with Crippen LogP contribution in [0.3, 0.4) is 0 Å². The Balaban J connectivity index is 1.73. The van der Waals surface area contributed by atoms with Crippen molar-refractivity contribution in [3.05, 3.63) is 0 Å². The maximum Gasteiger partial charge on any atom is 0.00924 e. The van der Waals surface area contributed by atoms with E-state index in [1.165, 1.54) is 77.0 Å². The van der Waals surface area contributed by atoms with Gasteiger partial charge in [0.05, 0.1) is 0 Å². The van der Waals surface area contributed by atoms with Gasteiger partial charge in [-0.05, 0) is 44.6 Å². The number of hydrogen-bond donors (Lipinski definition) is 1. The van der Waals surface area contributed by atoms with Gasteiger partial charge in [-0.2, -0.15) is 0 Å². The lowest BCUT2D eigenvalue weighted by atomic mass is 9.86. The third-order valence-corrected chi connectivity index (χ3v) is 5.20. The van der Waals surface area contributed by atoms with Crippen LogP contribution in [0.4, 0.5) is 0 Å². The molecular weight excluding hydrogens is 206 g/mol. The molecule has 2 rings (SSSR count). The summed E-state index contributed by atoms with van der Waals surface area (Å²) in [6.45, 7) is 0. The Kier molecular flexibility index (Phi) is 5.84. The van der Waals surface area contributed by atoms with Crippen LogP contribution >= 0.6 is 0 Å². The molecule has 1 unspecified atom stereocenters. The fraction of sp³-hybridized carbons (Fsp3) is 1.00. The zero-order chi connectivity index (χ0) is 11.9. The van der Waals surface area contributed by atoms with E-state index in [0.29, 0.717) is 0 Å². The second-order valence-corrected chi connectivity index (χ2v) is 6.37. The fourth-order valence-corrected chi connectivity index (χ4v) is 4.04. The highest BCUT2D eigenvalue weighted by molar-refractivity contribution is 4.79. The minimum Gasteiger partial charge on any atom is -0.317 e. The van der Waals surface area contributed by atoms with Gasteiger partial charge in [-0.25, -0.2) is 0 Å². The van der Waals surface area contributed by atoms with Crippen molar-refractivity contribution in [2.75, 3.05) is 7.05 Å². The van der Waals surface area contributed by atoms with Crippen LogP contribution in [-0.2, 0) is 0 Å². The minimum absolute atomic E-state index is 0.814. The Morgan fingerprint density at radius 3 is 2.06 bits per heavy atom. The molecule has 2 saturated carbocycles. The molecule has 1 atom stereocenters. The molecular formula is C16H31N. The quantitative estimate of drug-likeness (QED) is 0.693. The first-order valence-electron chi connectivity index (χ1n) is 8.07. The molecule has 0 aromatic rings. The largest absolute Gasteiger partial charge is 0.317 e. The highest BCUT2D eigenvalue weighted by atomic mass is 14.9. The van der Waals surface area contributed by atoms with Crippen molar-refractivity contribution in [3.8, 4) is 0 Å². The molecule has 1 heteroatoms. The topological polar surface area (TPSA) is 12.0 Å². The fourth-order valence-electron chi connectivity index (χ4n) is 4.04. The van der Waals surface area contributed by atoms with Gasteiger partial charge in [0.2, 0.25) is 0 Å². The maximum atomic E-state index is 3.62. The Morgan fingerprint density at radius 1 is 0.882 bits per heavy atom. The standard InChI is InChI=1S/C16H31N/c1-17-16(13-12-14-8-6-7-9-14)15-10-4-2-3-5-11-15/h14-17H,2-13H2,1H3. The molecule has 0 aliphatic heterocycles. The van der Waals surface area contributed by atoms with Crippen LogP contribution in [0.2, 0.25) is 0 Å². The third-order valence-electron chi connectivity index (χ3n) is 5.20. The molecule has 100 valence electrons. The monoisotopic (exact) mass is 237 g/mol. The second kappa shape index (κ2) is 7.41. The van der Waals surface area contributed by atoms with E-state index in [0.717, 1.165) is 17.9 Å². The van der Waals surface area contributed by atoms with Gasteiger partial charge in [0.25, 0.3) is 0 Å². The molecule has 0 amide bonds. The van der Waals surface area contributed by atoms with Gasteiger partial charge < -0.3 is 5.32 Å². The molecule has 0 aromatic carbocycles. The smallest absolute Gasteiger partial charge is 0.00924 e. The van der Waals surface area contributed by atoms with Crippen LogP contribution in [0, 0.1) is 11.8 Å². The highest BCUT2D eigenvalue weighted by Crippen LogP contribution is 2.32. The molecule has 0 bridgehead atoms. The molecule has 17 heavy (non-hydrogen) atoms. The van der Waals surface area contributed by atoms with Crippen LogP contribution in [-0.4, -0.2) is 13.1 Å². The van der Waals surface area contributed by atoms with Gasteiger partial charge in [0.15, 0.2) is 0 Å². The Hall–Kier alpha value is -0.0400. The molecule has 0 saturated heterocycles. The van der Waals surface area contributed by atoms with Gasteiger partial charge >= 0.3 is 0 Å². The van der Waals surface area contributed by atoms with Crippen molar-refractivity contribution in [3.63, 3.8) is 0 Å². The maximum absolute atomic E-state index is 3.62. The van der Waals surface area contributed by atoms with E-state index < -0.39 is 0 Å². The van der Waals surface area contributed by atoms with Crippen molar-refractivity contribution in [2.45, 2.75) is 83.1 Å². The number of nitrogens with one attached hydrogen (secondary N) is 1. The van der Waals surface area contributed by atoms with Gasteiger partial charge in [-0.3, -0.25) is 0 Å². The first-order valence-corrected chi connectivity index (χ1v) is 8.07. The molecule has 0 aromatic heterocycles. The van der Waals surface area contributed by atoms with E-state index in [-0.39, 0.29) is 0 Å². The predicted octanol–water partition coefficient (Wildman–Crippen LogP) is 4.52. The third kappa shape index (κ3) is 4.28. The molecule has 1 nitrogen and oxygen atoms in total. The predicted molar refractivity (Wildman–Crippen MR) is 75.2 cm³/mol. The van der Waals surface area contributed by atoms with E-state index in [2.05, 4.69) is 12.4 Å². The SMILES string of the molecule is CNC(CCC1CCCC1)C1CCCCCC1. The van der Waals surface area contributed by atoms with E-state index in [9.17, 15) is 0 Å². The Morgan fingerprint density at radius 2 is 1.47 bits per heavy atom. The average molecular weight is 237 g/mol. The normalized spacial score (nSPS) is 25.9. The zero-order valence-corrected chi connectivity index (χ0v) is 11.7. The van der Waals surface area contributed by atoms with Gasteiger partial charge in [0.1, 0.15) is 0 Å². The van der Waals surface area contributed by atoms with Crippen LogP contribution in [0.1, 0.15) is 77.0 Å².